The molecule has 1 aliphatic heterocycles. The molecule has 0 spiro atoms. The molecule has 0 saturated heterocycles. The predicted molar refractivity (Wildman–Crippen MR) is 93.1 cm³/mol. The Balaban J connectivity index is 3.18. The van der Waals surface area contributed by atoms with Crippen molar-refractivity contribution in [2.45, 2.75) is 70.6 Å². The molecule has 0 aromatic rings. The van der Waals surface area contributed by atoms with Crippen LogP contribution < -0.4 is 10.6 Å². The van der Waals surface area contributed by atoms with Crippen LogP contribution in [-0.2, 0) is 14.3 Å². The molecule has 0 bridgehead atoms. The summed E-state index contributed by atoms with van der Waals surface area (Å²) in [5.41, 5.74) is 0. The molecular weight excluding hydrogens is 344 g/mol. The normalized spacial score (nSPS) is 26.5. The lowest BCUT2D eigenvalue weighted by Gasteiger charge is -2.41. The van der Waals surface area contributed by atoms with Gasteiger partial charge in [-0.3, -0.25) is 4.79 Å². The van der Waals surface area contributed by atoms with Gasteiger partial charge in [-0.2, -0.15) is 0 Å². The monoisotopic (exact) mass is 374 g/mol. The Morgan fingerprint density at radius 3 is 2.35 bits per heavy atom. The summed E-state index contributed by atoms with van der Waals surface area (Å²) in [5, 5.41) is 44.3. The van der Waals surface area contributed by atoms with Crippen molar-refractivity contribution in [2.24, 2.45) is 5.92 Å². The number of aliphatic hydroxyl groups excluding tert-OH is 3. The number of carboxylic acids is 1. The Hall–Kier alpha value is -1.68. The van der Waals surface area contributed by atoms with Crippen molar-refractivity contribution in [3.8, 4) is 0 Å². The number of carbonyl (C=O) groups is 2. The third-order valence-electron chi connectivity index (χ3n) is 4.14. The fourth-order valence-corrected chi connectivity index (χ4v) is 3.12. The number of aliphatic carboxylic acids is 1. The van der Waals surface area contributed by atoms with Crippen molar-refractivity contribution < 1.29 is 34.8 Å². The van der Waals surface area contributed by atoms with Crippen LogP contribution in [0.4, 0.5) is 0 Å². The van der Waals surface area contributed by atoms with E-state index in [0.717, 1.165) is 6.42 Å². The van der Waals surface area contributed by atoms with Crippen molar-refractivity contribution in [1.29, 1.82) is 0 Å². The smallest absolute Gasteiger partial charge is 0.370 e. The molecule has 6 atom stereocenters. The van der Waals surface area contributed by atoms with Gasteiger partial charge in [-0.1, -0.05) is 13.8 Å². The van der Waals surface area contributed by atoms with E-state index in [1.54, 1.807) is 0 Å². The number of carbonyl (C=O) groups excluding carboxylic acids is 1. The van der Waals surface area contributed by atoms with E-state index in [1.165, 1.54) is 13.0 Å². The SMILES string of the molecule is CC(=O)N[C@H]1[C@H]([C@H](O)[C@H](O)CO)OC(C(=O)O)=C[C@@H]1NC(C)CC(C)C. The maximum Gasteiger partial charge on any atom is 0.370 e. The van der Waals surface area contributed by atoms with Gasteiger partial charge >= 0.3 is 5.97 Å². The van der Waals surface area contributed by atoms with E-state index in [1.807, 2.05) is 6.92 Å². The first-order valence-electron chi connectivity index (χ1n) is 8.68. The predicted octanol–water partition coefficient (Wildman–Crippen LogP) is -1.03. The van der Waals surface area contributed by atoms with E-state index in [2.05, 4.69) is 24.5 Å². The molecule has 150 valence electrons. The first-order valence-corrected chi connectivity index (χ1v) is 8.68. The molecule has 0 aromatic heterocycles. The molecule has 1 rings (SSSR count). The molecule has 9 heteroatoms. The topological polar surface area (TPSA) is 148 Å². The van der Waals surface area contributed by atoms with Crippen LogP contribution in [0.25, 0.3) is 0 Å². The molecule has 0 aliphatic carbocycles. The van der Waals surface area contributed by atoms with Crippen LogP contribution in [0.3, 0.4) is 0 Å². The quantitative estimate of drug-likeness (QED) is 0.300. The zero-order chi connectivity index (χ0) is 20.0. The van der Waals surface area contributed by atoms with Gasteiger partial charge in [0.05, 0.1) is 18.7 Å². The van der Waals surface area contributed by atoms with E-state index in [4.69, 9.17) is 9.84 Å². The third kappa shape index (κ3) is 6.24. The zero-order valence-electron chi connectivity index (χ0n) is 15.5. The lowest BCUT2D eigenvalue weighted by atomic mass is 9.91. The van der Waals surface area contributed by atoms with Crippen LogP contribution in [0, 0.1) is 5.92 Å². The van der Waals surface area contributed by atoms with E-state index < -0.39 is 54.6 Å². The molecule has 0 saturated carbocycles. The van der Waals surface area contributed by atoms with Gasteiger partial charge in [0.2, 0.25) is 11.7 Å². The van der Waals surface area contributed by atoms with Crippen LogP contribution in [0.5, 0.6) is 0 Å². The molecule has 9 nitrogen and oxygen atoms in total. The highest BCUT2D eigenvalue weighted by Gasteiger charge is 2.43. The lowest BCUT2D eigenvalue weighted by Crippen LogP contribution is -2.63. The largest absolute Gasteiger partial charge is 0.478 e. The van der Waals surface area contributed by atoms with Crippen molar-refractivity contribution in [1.82, 2.24) is 10.6 Å². The molecule has 1 amide bonds. The van der Waals surface area contributed by atoms with Crippen LogP contribution in [0.15, 0.2) is 11.8 Å². The zero-order valence-corrected chi connectivity index (χ0v) is 15.5. The van der Waals surface area contributed by atoms with E-state index in [-0.39, 0.29) is 6.04 Å². The van der Waals surface area contributed by atoms with Crippen molar-refractivity contribution >= 4 is 11.9 Å². The second-order valence-electron chi connectivity index (χ2n) is 7.11. The summed E-state index contributed by atoms with van der Waals surface area (Å²) in [7, 11) is 0. The first kappa shape index (κ1) is 22.4. The summed E-state index contributed by atoms with van der Waals surface area (Å²) in [5.74, 6) is -1.72. The minimum atomic E-state index is -1.59. The van der Waals surface area contributed by atoms with Crippen molar-refractivity contribution in [3.63, 3.8) is 0 Å². The van der Waals surface area contributed by atoms with E-state index in [9.17, 15) is 24.9 Å². The molecular formula is C17H30N2O7. The van der Waals surface area contributed by atoms with Gasteiger partial charge in [-0.05, 0) is 25.3 Å². The maximum atomic E-state index is 11.6. The van der Waals surface area contributed by atoms with E-state index >= 15 is 0 Å². The van der Waals surface area contributed by atoms with Gasteiger partial charge in [0.15, 0.2) is 0 Å². The molecule has 0 fully saturated rings. The van der Waals surface area contributed by atoms with Gasteiger partial charge in [0.1, 0.15) is 18.3 Å². The second-order valence-corrected chi connectivity index (χ2v) is 7.11. The molecule has 1 unspecified atom stereocenters. The van der Waals surface area contributed by atoms with Gasteiger partial charge in [0.25, 0.3) is 0 Å². The Labute approximate surface area is 153 Å². The number of nitrogens with one attached hydrogen (secondary N) is 2. The van der Waals surface area contributed by atoms with Crippen LogP contribution >= 0.6 is 0 Å². The molecule has 26 heavy (non-hydrogen) atoms. The van der Waals surface area contributed by atoms with Crippen molar-refractivity contribution in [2.75, 3.05) is 6.61 Å². The highest BCUT2D eigenvalue weighted by molar-refractivity contribution is 5.84. The lowest BCUT2D eigenvalue weighted by molar-refractivity contribution is -0.146. The summed E-state index contributed by atoms with van der Waals surface area (Å²) in [6.07, 6.45) is -2.23. The molecule has 1 heterocycles. The number of ether oxygens (including phenoxy) is 1. The minimum Gasteiger partial charge on any atom is -0.478 e. The number of amides is 1. The van der Waals surface area contributed by atoms with Gasteiger partial charge in [-0.15, -0.1) is 0 Å². The fraction of sp³-hybridized carbons (Fsp3) is 0.765. The van der Waals surface area contributed by atoms with Gasteiger partial charge < -0.3 is 35.8 Å². The average Bonchev–Trinajstić information content (AvgIpc) is 2.53. The fourth-order valence-electron chi connectivity index (χ4n) is 3.12. The summed E-state index contributed by atoms with van der Waals surface area (Å²) >= 11 is 0. The third-order valence-corrected chi connectivity index (χ3v) is 4.14. The Bertz CT molecular complexity index is 523. The molecule has 0 radical (unpaired) electrons. The van der Waals surface area contributed by atoms with E-state index in [0.29, 0.717) is 5.92 Å². The highest BCUT2D eigenvalue weighted by Crippen LogP contribution is 2.24. The van der Waals surface area contributed by atoms with Crippen LogP contribution in [0.2, 0.25) is 0 Å². The Morgan fingerprint density at radius 2 is 1.88 bits per heavy atom. The number of carboxylic acid groups (broad SMARTS) is 1. The Morgan fingerprint density at radius 1 is 1.27 bits per heavy atom. The number of aliphatic hydroxyl groups is 3. The highest BCUT2D eigenvalue weighted by atomic mass is 16.5. The summed E-state index contributed by atoms with van der Waals surface area (Å²) in [6, 6.07) is -1.47. The summed E-state index contributed by atoms with van der Waals surface area (Å²) in [6.45, 7) is 6.59. The second kappa shape index (κ2) is 9.86. The minimum absolute atomic E-state index is 0.00112. The molecule has 6 N–H and O–H groups in total. The summed E-state index contributed by atoms with van der Waals surface area (Å²) in [4.78, 5) is 23.0. The average molecular weight is 374 g/mol. The van der Waals surface area contributed by atoms with Crippen LogP contribution in [-0.4, -0.2) is 75.3 Å². The Kier molecular flexibility index (Phi) is 8.48. The van der Waals surface area contributed by atoms with Gasteiger partial charge in [-0.25, -0.2) is 4.79 Å². The van der Waals surface area contributed by atoms with Gasteiger partial charge in [0, 0.05) is 13.0 Å². The standard InChI is InChI=1S/C17H30N2O7/c1-8(2)5-9(3)18-11-6-13(17(24)25)26-16(14(11)19-10(4)21)15(23)12(22)7-20/h6,8-9,11-12,14-16,18,20,22-23H,5,7H2,1-4H3,(H,19,21)(H,24,25)/t9?,11-,12+,14+,15+,16+/m0/s1. The molecule has 0 aromatic carbocycles. The first-order chi connectivity index (χ1) is 12.1. The number of rotatable bonds is 9. The molecule has 1 aliphatic rings. The van der Waals surface area contributed by atoms with Crippen molar-refractivity contribution in [3.05, 3.63) is 11.8 Å². The number of hydrogen-bond donors (Lipinski definition) is 6. The summed E-state index contributed by atoms with van der Waals surface area (Å²) < 4.78 is 5.32. The number of hydrogen-bond acceptors (Lipinski definition) is 7. The maximum absolute atomic E-state index is 11.6. The van der Waals surface area contributed by atoms with Crippen LogP contribution in [0.1, 0.15) is 34.1 Å².